The second-order valence-corrected chi connectivity index (χ2v) is 4.40. The minimum atomic E-state index is 0.841. The Kier molecular flexibility index (Phi) is 3.32. The van der Waals surface area contributed by atoms with Crippen LogP contribution in [-0.2, 0) is 6.54 Å². The van der Waals surface area contributed by atoms with E-state index in [0.29, 0.717) is 0 Å². The molecule has 0 saturated carbocycles. The lowest BCUT2D eigenvalue weighted by molar-refractivity contribution is 0.801. The van der Waals surface area contributed by atoms with Crippen molar-refractivity contribution in [1.29, 1.82) is 0 Å². The number of hydrogen-bond donors (Lipinski definition) is 1. The molecule has 2 rings (SSSR count). The first-order valence-corrected chi connectivity index (χ1v) is 5.67. The van der Waals surface area contributed by atoms with Gasteiger partial charge in [0.1, 0.15) is 0 Å². The summed E-state index contributed by atoms with van der Waals surface area (Å²) in [6.07, 6.45) is 5.57. The average Bonchev–Trinajstić information content (AvgIpc) is 2.66. The van der Waals surface area contributed by atoms with Crippen LogP contribution in [0.5, 0.6) is 0 Å². The fourth-order valence-electron chi connectivity index (χ4n) is 1.33. The maximum atomic E-state index is 4.27. The topological polar surface area (TPSA) is 42.7 Å². The van der Waals surface area contributed by atoms with Crippen LogP contribution in [0.25, 0.3) is 5.82 Å². The van der Waals surface area contributed by atoms with E-state index in [1.54, 1.807) is 10.9 Å². The molecule has 0 amide bonds. The molecule has 0 unspecified atom stereocenters. The van der Waals surface area contributed by atoms with Crippen LogP contribution >= 0.6 is 22.6 Å². The Labute approximate surface area is 102 Å². The van der Waals surface area contributed by atoms with Gasteiger partial charge >= 0.3 is 0 Å². The molecule has 0 aliphatic rings. The van der Waals surface area contributed by atoms with Crippen LogP contribution in [0.15, 0.2) is 30.7 Å². The Balaban J connectivity index is 2.32. The fraction of sp³-hybridized carbons (Fsp3) is 0.200. The summed E-state index contributed by atoms with van der Waals surface area (Å²) in [6, 6.07) is 4.02. The summed E-state index contributed by atoms with van der Waals surface area (Å²) in [5.41, 5.74) is 1.20. The highest BCUT2D eigenvalue weighted by Crippen LogP contribution is 2.09. The number of halogens is 1. The molecule has 0 radical (unpaired) electrons. The van der Waals surface area contributed by atoms with Gasteiger partial charge in [-0.2, -0.15) is 5.10 Å². The summed E-state index contributed by atoms with van der Waals surface area (Å²) in [5.74, 6) is 0.852. The number of nitrogens with one attached hydrogen (secondary N) is 1. The molecule has 78 valence electrons. The molecule has 4 nitrogen and oxygen atoms in total. The first kappa shape index (κ1) is 10.6. The quantitative estimate of drug-likeness (QED) is 0.875. The van der Waals surface area contributed by atoms with E-state index in [0.717, 1.165) is 15.9 Å². The van der Waals surface area contributed by atoms with E-state index in [1.807, 2.05) is 31.6 Å². The zero-order valence-electron chi connectivity index (χ0n) is 8.31. The second kappa shape index (κ2) is 4.71. The van der Waals surface area contributed by atoms with E-state index >= 15 is 0 Å². The molecule has 0 saturated heterocycles. The SMILES string of the molecule is CNCc1ccnc(-n2cc(I)cn2)c1. The number of rotatable bonds is 3. The third-order valence-electron chi connectivity index (χ3n) is 1.98. The van der Waals surface area contributed by atoms with Gasteiger partial charge in [0.25, 0.3) is 0 Å². The maximum absolute atomic E-state index is 4.27. The summed E-state index contributed by atoms with van der Waals surface area (Å²) in [4.78, 5) is 4.27. The van der Waals surface area contributed by atoms with Crippen molar-refractivity contribution in [2.24, 2.45) is 0 Å². The highest BCUT2D eigenvalue weighted by molar-refractivity contribution is 14.1. The minimum Gasteiger partial charge on any atom is -0.316 e. The molecule has 0 aromatic carbocycles. The molecule has 0 aliphatic heterocycles. The smallest absolute Gasteiger partial charge is 0.153 e. The molecule has 0 spiro atoms. The Morgan fingerprint density at radius 2 is 2.40 bits per heavy atom. The van der Waals surface area contributed by atoms with Crippen LogP contribution in [0, 0.1) is 3.57 Å². The summed E-state index contributed by atoms with van der Waals surface area (Å²) < 4.78 is 2.88. The van der Waals surface area contributed by atoms with E-state index in [9.17, 15) is 0 Å². The van der Waals surface area contributed by atoms with Crippen LogP contribution in [0.3, 0.4) is 0 Å². The Bertz CT molecular complexity index is 452. The van der Waals surface area contributed by atoms with Crippen molar-refractivity contribution >= 4 is 22.6 Å². The van der Waals surface area contributed by atoms with Gasteiger partial charge in [-0.15, -0.1) is 0 Å². The zero-order chi connectivity index (χ0) is 10.7. The molecule has 2 aromatic rings. The number of nitrogens with zero attached hydrogens (tertiary/aromatic N) is 3. The molecule has 15 heavy (non-hydrogen) atoms. The maximum Gasteiger partial charge on any atom is 0.153 e. The van der Waals surface area contributed by atoms with Gasteiger partial charge in [-0.05, 0) is 47.3 Å². The van der Waals surface area contributed by atoms with Crippen LogP contribution in [0.2, 0.25) is 0 Å². The van der Waals surface area contributed by atoms with Crippen molar-refractivity contribution in [1.82, 2.24) is 20.1 Å². The Morgan fingerprint density at radius 3 is 3.07 bits per heavy atom. The molecular formula is C10H11IN4. The van der Waals surface area contributed by atoms with Crippen molar-refractivity contribution in [2.75, 3.05) is 7.05 Å². The van der Waals surface area contributed by atoms with Gasteiger partial charge in [-0.25, -0.2) is 9.67 Å². The molecule has 2 heterocycles. The van der Waals surface area contributed by atoms with Gasteiger partial charge in [-0.1, -0.05) is 0 Å². The largest absolute Gasteiger partial charge is 0.316 e. The van der Waals surface area contributed by atoms with Gasteiger partial charge < -0.3 is 5.32 Å². The van der Waals surface area contributed by atoms with E-state index in [1.165, 1.54) is 5.56 Å². The minimum absolute atomic E-state index is 0.841. The zero-order valence-corrected chi connectivity index (χ0v) is 10.5. The van der Waals surface area contributed by atoms with Gasteiger partial charge in [0, 0.05) is 18.9 Å². The third-order valence-corrected chi connectivity index (χ3v) is 2.53. The van der Waals surface area contributed by atoms with Gasteiger partial charge in [0.2, 0.25) is 0 Å². The molecule has 2 aromatic heterocycles. The van der Waals surface area contributed by atoms with Crippen molar-refractivity contribution in [3.05, 3.63) is 39.9 Å². The normalized spacial score (nSPS) is 10.5. The van der Waals surface area contributed by atoms with E-state index in [4.69, 9.17) is 0 Å². The van der Waals surface area contributed by atoms with Crippen molar-refractivity contribution < 1.29 is 0 Å². The number of aromatic nitrogens is 3. The lowest BCUT2D eigenvalue weighted by Crippen LogP contribution is -2.06. The number of hydrogen-bond acceptors (Lipinski definition) is 3. The van der Waals surface area contributed by atoms with Crippen molar-refractivity contribution in [2.45, 2.75) is 6.54 Å². The number of pyridine rings is 1. The van der Waals surface area contributed by atoms with Crippen LogP contribution < -0.4 is 5.32 Å². The molecule has 0 bridgehead atoms. The Morgan fingerprint density at radius 1 is 1.53 bits per heavy atom. The van der Waals surface area contributed by atoms with Crippen molar-refractivity contribution in [3.8, 4) is 5.82 Å². The summed E-state index contributed by atoms with van der Waals surface area (Å²) in [7, 11) is 1.93. The third kappa shape index (κ3) is 2.54. The second-order valence-electron chi connectivity index (χ2n) is 3.16. The lowest BCUT2D eigenvalue weighted by Gasteiger charge is -2.03. The predicted molar refractivity (Wildman–Crippen MR) is 66.8 cm³/mol. The molecule has 5 heteroatoms. The lowest BCUT2D eigenvalue weighted by atomic mass is 10.2. The van der Waals surface area contributed by atoms with E-state index < -0.39 is 0 Å². The van der Waals surface area contributed by atoms with Crippen LogP contribution in [0.4, 0.5) is 0 Å². The standard InChI is InChI=1S/C10H11IN4/c1-12-5-8-2-3-13-10(4-8)15-7-9(11)6-14-15/h2-4,6-7,12H,5H2,1H3. The average molecular weight is 314 g/mol. The van der Waals surface area contributed by atoms with Gasteiger partial charge in [0.05, 0.1) is 9.77 Å². The monoisotopic (exact) mass is 314 g/mol. The summed E-state index contributed by atoms with van der Waals surface area (Å²) in [6.45, 7) is 0.841. The predicted octanol–water partition coefficient (Wildman–Crippen LogP) is 1.59. The van der Waals surface area contributed by atoms with Gasteiger partial charge in [-0.3, -0.25) is 0 Å². The first-order valence-electron chi connectivity index (χ1n) is 4.59. The molecule has 0 aliphatic carbocycles. The van der Waals surface area contributed by atoms with Crippen LogP contribution in [-0.4, -0.2) is 21.8 Å². The highest BCUT2D eigenvalue weighted by Gasteiger charge is 2.01. The van der Waals surface area contributed by atoms with Gasteiger partial charge in [0.15, 0.2) is 5.82 Å². The summed E-state index contributed by atoms with van der Waals surface area (Å²) >= 11 is 2.23. The fourth-order valence-corrected chi connectivity index (χ4v) is 1.71. The Hall–Kier alpha value is -0.950. The summed E-state index contributed by atoms with van der Waals surface area (Å²) in [5, 5.41) is 7.32. The first-order chi connectivity index (χ1) is 7.29. The molecular weight excluding hydrogens is 303 g/mol. The molecule has 0 fully saturated rings. The van der Waals surface area contributed by atoms with Crippen molar-refractivity contribution in [3.63, 3.8) is 0 Å². The molecule has 1 N–H and O–H groups in total. The van der Waals surface area contributed by atoms with E-state index in [2.05, 4.69) is 38.0 Å². The molecule has 0 atom stereocenters. The highest BCUT2D eigenvalue weighted by atomic mass is 127. The van der Waals surface area contributed by atoms with Crippen LogP contribution in [0.1, 0.15) is 5.56 Å². The van der Waals surface area contributed by atoms with E-state index in [-0.39, 0.29) is 0 Å².